The number of hydrogen-bond acceptors (Lipinski definition) is 2. The highest BCUT2D eigenvalue weighted by atomic mass is 32.1. The maximum absolute atomic E-state index is 3.16. The first-order valence-corrected chi connectivity index (χ1v) is 7.34. The summed E-state index contributed by atoms with van der Waals surface area (Å²) < 4.78 is 2.73. The SMILES string of the molecule is CNCC=C(C)c1ccc2sc3ccccc3c2c1. The number of likely N-dealkylation sites (N-methyl/N-ethyl adjacent to an activating group) is 1. The van der Waals surface area contributed by atoms with Crippen molar-refractivity contribution in [3.8, 4) is 0 Å². The van der Waals surface area contributed by atoms with E-state index >= 15 is 0 Å². The van der Waals surface area contributed by atoms with Crippen molar-refractivity contribution in [3.05, 3.63) is 54.1 Å². The molecule has 3 aromatic rings. The van der Waals surface area contributed by atoms with Crippen molar-refractivity contribution in [1.29, 1.82) is 0 Å². The van der Waals surface area contributed by atoms with Crippen molar-refractivity contribution in [2.45, 2.75) is 6.92 Å². The van der Waals surface area contributed by atoms with Gasteiger partial charge in [0.2, 0.25) is 0 Å². The molecule has 0 unspecified atom stereocenters. The van der Waals surface area contributed by atoms with Gasteiger partial charge in [-0.2, -0.15) is 0 Å². The highest BCUT2D eigenvalue weighted by Gasteiger charge is 2.05. The lowest BCUT2D eigenvalue weighted by Crippen LogP contribution is -2.04. The molecule has 19 heavy (non-hydrogen) atoms. The average molecular weight is 267 g/mol. The third kappa shape index (κ3) is 2.29. The van der Waals surface area contributed by atoms with Gasteiger partial charge in [0.15, 0.2) is 0 Å². The number of fused-ring (bicyclic) bond motifs is 3. The Morgan fingerprint density at radius 3 is 2.74 bits per heavy atom. The number of rotatable bonds is 3. The fourth-order valence-corrected chi connectivity index (χ4v) is 3.43. The minimum absolute atomic E-state index is 0.911. The highest BCUT2D eigenvalue weighted by Crippen LogP contribution is 2.35. The van der Waals surface area contributed by atoms with Crippen LogP contribution in [-0.4, -0.2) is 13.6 Å². The smallest absolute Gasteiger partial charge is 0.0355 e. The number of nitrogens with one attached hydrogen (secondary N) is 1. The largest absolute Gasteiger partial charge is 0.316 e. The van der Waals surface area contributed by atoms with Crippen LogP contribution < -0.4 is 5.32 Å². The second-order valence-corrected chi connectivity index (χ2v) is 5.84. The Bertz CT molecular complexity index is 752. The van der Waals surface area contributed by atoms with E-state index in [1.165, 1.54) is 31.3 Å². The van der Waals surface area contributed by atoms with Crippen LogP contribution in [0.4, 0.5) is 0 Å². The Hall–Kier alpha value is -1.64. The van der Waals surface area contributed by atoms with Crippen LogP contribution >= 0.6 is 11.3 Å². The molecule has 1 N–H and O–H groups in total. The van der Waals surface area contributed by atoms with E-state index in [-0.39, 0.29) is 0 Å². The van der Waals surface area contributed by atoms with Crippen molar-refractivity contribution in [2.75, 3.05) is 13.6 Å². The Morgan fingerprint density at radius 1 is 1.11 bits per heavy atom. The standard InChI is InChI=1S/C17H17NS/c1-12(9-10-18-2)13-7-8-17-15(11-13)14-5-3-4-6-16(14)19-17/h3-9,11,18H,10H2,1-2H3. The van der Waals surface area contributed by atoms with Crippen LogP contribution in [0.5, 0.6) is 0 Å². The van der Waals surface area contributed by atoms with Gasteiger partial charge in [0.25, 0.3) is 0 Å². The lowest BCUT2D eigenvalue weighted by atomic mass is 10.0. The molecule has 2 heteroatoms. The summed E-state index contributed by atoms with van der Waals surface area (Å²) in [5.41, 5.74) is 2.64. The van der Waals surface area contributed by atoms with Crippen molar-refractivity contribution in [1.82, 2.24) is 5.32 Å². The van der Waals surface area contributed by atoms with Crippen molar-refractivity contribution in [3.63, 3.8) is 0 Å². The van der Waals surface area contributed by atoms with E-state index in [4.69, 9.17) is 0 Å². The van der Waals surface area contributed by atoms with Crippen molar-refractivity contribution >= 4 is 37.1 Å². The first-order chi connectivity index (χ1) is 9.29. The van der Waals surface area contributed by atoms with Gasteiger partial charge in [0, 0.05) is 26.7 Å². The molecule has 0 spiro atoms. The van der Waals surface area contributed by atoms with Gasteiger partial charge in [0.05, 0.1) is 0 Å². The minimum Gasteiger partial charge on any atom is -0.316 e. The van der Waals surface area contributed by atoms with Gasteiger partial charge in [-0.15, -0.1) is 11.3 Å². The quantitative estimate of drug-likeness (QED) is 0.726. The predicted molar refractivity (Wildman–Crippen MR) is 86.9 cm³/mol. The third-order valence-electron chi connectivity index (χ3n) is 3.44. The van der Waals surface area contributed by atoms with E-state index < -0.39 is 0 Å². The molecule has 1 aromatic heterocycles. The van der Waals surface area contributed by atoms with Crippen LogP contribution in [0.3, 0.4) is 0 Å². The summed E-state index contributed by atoms with van der Waals surface area (Å²) in [7, 11) is 1.97. The highest BCUT2D eigenvalue weighted by molar-refractivity contribution is 7.25. The molecule has 0 radical (unpaired) electrons. The molecule has 0 saturated carbocycles. The van der Waals surface area contributed by atoms with E-state index in [1.807, 2.05) is 18.4 Å². The van der Waals surface area contributed by atoms with Crippen LogP contribution in [-0.2, 0) is 0 Å². The first-order valence-electron chi connectivity index (χ1n) is 6.52. The van der Waals surface area contributed by atoms with E-state index in [2.05, 4.69) is 60.8 Å². The molecule has 0 aliphatic rings. The Kier molecular flexibility index (Phi) is 3.36. The third-order valence-corrected chi connectivity index (χ3v) is 4.60. The van der Waals surface area contributed by atoms with Crippen molar-refractivity contribution < 1.29 is 0 Å². The molecule has 1 nitrogen and oxygen atoms in total. The predicted octanol–water partition coefficient (Wildman–Crippen LogP) is 4.68. The van der Waals surface area contributed by atoms with E-state index in [9.17, 15) is 0 Å². The molecule has 0 atom stereocenters. The Morgan fingerprint density at radius 2 is 1.89 bits per heavy atom. The summed E-state index contributed by atoms with van der Waals surface area (Å²) in [5, 5.41) is 5.89. The Labute approximate surface area is 117 Å². The van der Waals surface area contributed by atoms with Crippen LogP contribution in [0.2, 0.25) is 0 Å². The van der Waals surface area contributed by atoms with Gasteiger partial charge in [-0.25, -0.2) is 0 Å². The summed E-state index contributed by atoms with van der Waals surface area (Å²) in [6, 6.07) is 15.4. The van der Waals surface area contributed by atoms with Crippen LogP contribution in [0.15, 0.2) is 48.5 Å². The molecule has 1 heterocycles. The lowest BCUT2D eigenvalue weighted by Gasteiger charge is -2.02. The summed E-state index contributed by atoms with van der Waals surface area (Å²) in [6.45, 7) is 3.08. The van der Waals surface area contributed by atoms with Gasteiger partial charge < -0.3 is 5.32 Å². The zero-order chi connectivity index (χ0) is 13.2. The van der Waals surface area contributed by atoms with Crippen molar-refractivity contribution in [2.24, 2.45) is 0 Å². The normalized spacial score (nSPS) is 12.4. The molecule has 0 bridgehead atoms. The van der Waals surface area contributed by atoms with E-state index in [0.717, 1.165) is 6.54 Å². The molecular weight excluding hydrogens is 250 g/mol. The lowest BCUT2D eigenvalue weighted by molar-refractivity contribution is 0.920. The fourth-order valence-electron chi connectivity index (χ4n) is 2.34. The monoisotopic (exact) mass is 267 g/mol. The molecule has 0 fully saturated rings. The minimum atomic E-state index is 0.911. The van der Waals surface area contributed by atoms with Gasteiger partial charge in [0.1, 0.15) is 0 Å². The Balaban J connectivity index is 2.16. The summed E-state index contributed by atoms with van der Waals surface area (Å²) in [5.74, 6) is 0. The molecule has 3 rings (SSSR count). The molecule has 96 valence electrons. The zero-order valence-electron chi connectivity index (χ0n) is 11.2. The zero-order valence-corrected chi connectivity index (χ0v) is 12.1. The van der Waals surface area contributed by atoms with Gasteiger partial charge >= 0.3 is 0 Å². The van der Waals surface area contributed by atoms with Crippen LogP contribution in [0.1, 0.15) is 12.5 Å². The summed E-state index contributed by atoms with van der Waals surface area (Å²) in [4.78, 5) is 0. The number of hydrogen-bond donors (Lipinski definition) is 1. The molecule has 2 aromatic carbocycles. The number of thiophene rings is 1. The van der Waals surface area contributed by atoms with Crippen LogP contribution in [0.25, 0.3) is 25.7 Å². The average Bonchev–Trinajstić information content (AvgIpc) is 2.82. The maximum atomic E-state index is 3.16. The van der Waals surface area contributed by atoms with E-state index in [1.54, 1.807) is 0 Å². The summed E-state index contributed by atoms with van der Waals surface area (Å²) in [6.07, 6.45) is 2.23. The molecule has 0 aliphatic heterocycles. The molecule has 0 aliphatic carbocycles. The molecule has 0 amide bonds. The van der Waals surface area contributed by atoms with Gasteiger partial charge in [-0.3, -0.25) is 0 Å². The summed E-state index contributed by atoms with van der Waals surface area (Å²) >= 11 is 1.87. The topological polar surface area (TPSA) is 12.0 Å². The van der Waals surface area contributed by atoms with Gasteiger partial charge in [-0.05, 0) is 43.3 Å². The second-order valence-electron chi connectivity index (χ2n) is 4.75. The molecular formula is C17H17NS. The molecule has 0 saturated heterocycles. The fraction of sp³-hybridized carbons (Fsp3) is 0.176. The van der Waals surface area contributed by atoms with Crippen LogP contribution in [0, 0.1) is 0 Å². The second kappa shape index (κ2) is 5.16. The number of benzene rings is 2. The first kappa shape index (κ1) is 12.4. The van der Waals surface area contributed by atoms with Gasteiger partial charge in [-0.1, -0.05) is 30.3 Å². The number of allylic oxidation sites excluding steroid dienone is 1. The van der Waals surface area contributed by atoms with E-state index in [0.29, 0.717) is 0 Å². The maximum Gasteiger partial charge on any atom is 0.0355 e.